The maximum atomic E-state index is 11.5. The number of pyridine rings is 1. The minimum Gasteiger partial charge on any atom is -0.397 e. The van der Waals surface area contributed by atoms with Gasteiger partial charge in [-0.3, -0.25) is 4.79 Å². The molecule has 0 unspecified atom stereocenters. The van der Waals surface area contributed by atoms with Crippen LogP contribution in [-0.4, -0.2) is 17.3 Å². The second kappa shape index (κ2) is 4.06. The van der Waals surface area contributed by atoms with E-state index in [4.69, 9.17) is 10.5 Å². The van der Waals surface area contributed by atoms with Gasteiger partial charge in [0.25, 0.3) is 5.56 Å². The Morgan fingerprint density at radius 2 is 2.33 bits per heavy atom. The lowest BCUT2D eigenvalue weighted by Gasteiger charge is -2.08. The monoisotopic (exact) mass is 208 g/mol. The highest BCUT2D eigenvalue weighted by Gasteiger charge is 2.21. The highest BCUT2D eigenvalue weighted by atomic mass is 16.5. The molecule has 1 fully saturated rings. The molecule has 1 aliphatic rings. The van der Waals surface area contributed by atoms with E-state index in [0.29, 0.717) is 24.9 Å². The first-order chi connectivity index (χ1) is 7.16. The molecule has 2 rings (SSSR count). The van der Waals surface area contributed by atoms with Crippen molar-refractivity contribution in [2.45, 2.75) is 32.4 Å². The summed E-state index contributed by atoms with van der Waals surface area (Å²) in [5.74, 6) is 0. The molecule has 82 valence electrons. The molecule has 0 bridgehead atoms. The van der Waals surface area contributed by atoms with Crippen LogP contribution in [0.15, 0.2) is 17.1 Å². The number of nitrogens with zero attached hydrogens (tertiary/aromatic N) is 1. The van der Waals surface area contributed by atoms with E-state index in [-0.39, 0.29) is 5.56 Å². The van der Waals surface area contributed by atoms with Crippen molar-refractivity contribution in [3.63, 3.8) is 0 Å². The zero-order chi connectivity index (χ0) is 10.8. The van der Waals surface area contributed by atoms with Crippen LogP contribution in [0.25, 0.3) is 0 Å². The Morgan fingerprint density at radius 1 is 1.60 bits per heavy atom. The van der Waals surface area contributed by atoms with Crippen molar-refractivity contribution in [1.82, 2.24) is 4.57 Å². The van der Waals surface area contributed by atoms with E-state index in [0.717, 1.165) is 18.4 Å². The predicted octanol–water partition coefficient (Wildman–Crippen LogP) is 0.918. The molecule has 4 heteroatoms. The van der Waals surface area contributed by atoms with Crippen LogP contribution in [0, 0.1) is 6.92 Å². The molecule has 1 heterocycles. The fourth-order valence-electron chi connectivity index (χ4n) is 1.41. The van der Waals surface area contributed by atoms with Crippen molar-refractivity contribution < 1.29 is 4.74 Å². The van der Waals surface area contributed by atoms with E-state index in [1.54, 1.807) is 16.8 Å². The number of nitrogen functional groups attached to an aromatic ring is 1. The van der Waals surface area contributed by atoms with Crippen LogP contribution in [0.2, 0.25) is 0 Å². The maximum absolute atomic E-state index is 11.5. The topological polar surface area (TPSA) is 57.2 Å². The molecule has 0 amide bonds. The molecule has 0 saturated heterocycles. The van der Waals surface area contributed by atoms with Gasteiger partial charge in [0.1, 0.15) is 0 Å². The number of nitrogens with two attached hydrogens (primary N) is 1. The first-order valence-electron chi connectivity index (χ1n) is 5.25. The molecule has 4 nitrogen and oxygen atoms in total. The van der Waals surface area contributed by atoms with Gasteiger partial charge in [-0.15, -0.1) is 0 Å². The second-order valence-electron chi connectivity index (χ2n) is 4.01. The minimum atomic E-state index is -0.0129. The summed E-state index contributed by atoms with van der Waals surface area (Å²) in [5, 5.41) is 0. The van der Waals surface area contributed by atoms with Crippen LogP contribution in [0.4, 0.5) is 5.69 Å². The molecule has 0 atom stereocenters. The lowest BCUT2D eigenvalue weighted by Crippen LogP contribution is -2.22. The standard InChI is InChI=1S/C11H16N2O2/c1-8-6-11(14)13(7-10(8)12)4-5-15-9-2-3-9/h6-7,9H,2-5,12H2,1H3. The quantitative estimate of drug-likeness (QED) is 0.800. The summed E-state index contributed by atoms with van der Waals surface area (Å²) >= 11 is 0. The zero-order valence-corrected chi connectivity index (χ0v) is 8.90. The SMILES string of the molecule is Cc1cc(=O)n(CCOC2CC2)cc1N. The van der Waals surface area contributed by atoms with Crippen LogP contribution in [0.5, 0.6) is 0 Å². The Morgan fingerprint density at radius 3 is 3.00 bits per heavy atom. The Balaban J connectivity index is 2.00. The molecular formula is C11H16N2O2. The number of rotatable bonds is 4. The van der Waals surface area contributed by atoms with Gasteiger partial charge in [-0.25, -0.2) is 0 Å². The van der Waals surface area contributed by atoms with Gasteiger partial charge in [-0.1, -0.05) is 0 Å². The largest absolute Gasteiger partial charge is 0.397 e. The summed E-state index contributed by atoms with van der Waals surface area (Å²) in [4.78, 5) is 11.5. The highest BCUT2D eigenvalue weighted by molar-refractivity contribution is 5.42. The van der Waals surface area contributed by atoms with Crippen LogP contribution in [0.3, 0.4) is 0 Å². The number of aryl methyl sites for hydroxylation is 1. The van der Waals surface area contributed by atoms with Crippen molar-refractivity contribution in [2.24, 2.45) is 0 Å². The Labute approximate surface area is 88.7 Å². The number of hydrogen-bond acceptors (Lipinski definition) is 3. The number of aromatic nitrogens is 1. The van der Waals surface area contributed by atoms with E-state index >= 15 is 0 Å². The average molecular weight is 208 g/mol. The summed E-state index contributed by atoms with van der Waals surface area (Å²) in [6.45, 7) is 3.01. The van der Waals surface area contributed by atoms with Crippen LogP contribution < -0.4 is 11.3 Å². The first-order valence-corrected chi connectivity index (χ1v) is 5.25. The summed E-state index contributed by atoms with van der Waals surface area (Å²) < 4.78 is 7.08. The third-order valence-electron chi connectivity index (χ3n) is 2.58. The molecular weight excluding hydrogens is 192 g/mol. The van der Waals surface area contributed by atoms with Gasteiger partial charge in [0, 0.05) is 18.8 Å². The van der Waals surface area contributed by atoms with Gasteiger partial charge in [0.15, 0.2) is 0 Å². The number of anilines is 1. The summed E-state index contributed by atoms with van der Waals surface area (Å²) in [6, 6.07) is 1.56. The van der Waals surface area contributed by atoms with Crippen molar-refractivity contribution in [2.75, 3.05) is 12.3 Å². The smallest absolute Gasteiger partial charge is 0.250 e. The average Bonchev–Trinajstić information content (AvgIpc) is 2.97. The molecule has 0 aromatic carbocycles. The second-order valence-corrected chi connectivity index (χ2v) is 4.01. The van der Waals surface area contributed by atoms with Crippen molar-refractivity contribution in [1.29, 1.82) is 0 Å². The van der Waals surface area contributed by atoms with Crippen LogP contribution in [0.1, 0.15) is 18.4 Å². The zero-order valence-electron chi connectivity index (χ0n) is 8.90. The van der Waals surface area contributed by atoms with Crippen molar-refractivity contribution in [3.8, 4) is 0 Å². The Hall–Kier alpha value is -1.29. The third-order valence-corrected chi connectivity index (χ3v) is 2.58. The molecule has 1 saturated carbocycles. The normalized spacial score (nSPS) is 15.5. The molecule has 2 N–H and O–H groups in total. The number of hydrogen-bond donors (Lipinski definition) is 1. The van der Waals surface area contributed by atoms with E-state index < -0.39 is 0 Å². The van der Waals surface area contributed by atoms with E-state index in [9.17, 15) is 4.79 Å². The molecule has 1 aromatic heterocycles. The van der Waals surface area contributed by atoms with Gasteiger partial charge in [-0.2, -0.15) is 0 Å². The highest BCUT2D eigenvalue weighted by Crippen LogP contribution is 2.23. The molecule has 15 heavy (non-hydrogen) atoms. The summed E-state index contributed by atoms with van der Waals surface area (Å²) in [5.41, 5.74) is 7.21. The van der Waals surface area contributed by atoms with E-state index in [1.807, 2.05) is 6.92 Å². The van der Waals surface area contributed by atoms with Gasteiger partial charge >= 0.3 is 0 Å². The maximum Gasteiger partial charge on any atom is 0.250 e. The van der Waals surface area contributed by atoms with Crippen LogP contribution >= 0.6 is 0 Å². The molecule has 0 aliphatic heterocycles. The fraction of sp³-hybridized carbons (Fsp3) is 0.545. The van der Waals surface area contributed by atoms with Gasteiger partial charge in [-0.05, 0) is 25.3 Å². The van der Waals surface area contributed by atoms with Crippen molar-refractivity contribution >= 4 is 5.69 Å². The number of ether oxygens (including phenoxy) is 1. The fourth-order valence-corrected chi connectivity index (χ4v) is 1.41. The van der Waals surface area contributed by atoms with Crippen molar-refractivity contribution in [3.05, 3.63) is 28.2 Å². The molecule has 0 radical (unpaired) electrons. The van der Waals surface area contributed by atoms with Gasteiger partial charge < -0.3 is 15.0 Å². The predicted molar refractivity (Wildman–Crippen MR) is 58.8 cm³/mol. The summed E-state index contributed by atoms with van der Waals surface area (Å²) in [6.07, 6.45) is 4.44. The van der Waals surface area contributed by atoms with E-state index in [1.165, 1.54) is 0 Å². The van der Waals surface area contributed by atoms with Gasteiger partial charge in [0.2, 0.25) is 0 Å². The van der Waals surface area contributed by atoms with Crippen LogP contribution in [-0.2, 0) is 11.3 Å². The lowest BCUT2D eigenvalue weighted by molar-refractivity contribution is 0.111. The minimum absolute atomic E-state index is 0.0129. The molecule has 0 spiro atoms. The first kappa shape index (κ1) is 10.2. The summed E-state index contributed by atoms with van der Waals surface area (Å²) in [7, 11) is 0. The molecule has 1 aliphatic carbocycles. The lowest BCUT2D eigenvalue weighted by atomic mass is 10.2. The Bertz CT molecular complexity index is 408. The van der Waals surface area contributed by atoms with Gasteiger partial charge in [0.05, 0.1) is 18.4 Å². The molecule has 1 aromatic rings. The third kappa shape index (κ3) is 2.59. The van der Waals surface area contributed by atoms with E-state index in [2.05, 4.69) is 0 Å². The Kier molecular flexibility index (Phi) is 2.77.